The second-order valence-electron chi connectivity index (χ2n) is 4.53. The van der Waals surface area contributed by atoms with Crippen molar-refractivity contribution in [2.45, 2.75) is 59.1 Å². The van der Waals surface area contributed by atoms with E-state index >= 15 is 0 Å². The highest BCUT2D eigenvalue weighted by atomic mass is 16.5. The van der Waals surface area contributed by atoms with E-state index in [1.807, 2.05) is 27.7 Å². The lowest BCUT2D eigenvalue weighted by molar-refractivity contribution is -0.143. The summed E-state index contributed by atoms with van der Waals surface area (Å²) >= 11 is 0. The molecule has 0 bridgehead atoms. The summed E-state index contributed by atoms with van der Waals surface area (Å²) in [4.78, 5) is 13.7. The maximum Gasteiger partial charge on any atom is 0.251 e. The smallest absolute Gasteiger partial charge is 0.251 e. The maximum absolute atomic E-state index is 12.0. The highest BCUT2D eigenvalue weighted by molar-refractivity contribution is 5.80. The minimum Gasteiger partial charge on any atom is -0.367 e. The first-order chi connectivity index (χ1) is 7.94. The molecule has 2 N–H and O–H groups in total. The fourth-order valence-corrected chi connectivity index (χ4v) is 1.61. The summed E-state index contributed by atoms with van der Waals surface area (Å²) in [6.45, 7) is 11.7. The highest BCUT2D eigenvalue weighted by Crippen LogP contribution is 2.13. The van der Waals surface area contributed by atoms with E-state index in [4.69, 9.17) is 10.5 Å². The summed E-state index contributed by atoms with van der Waals surface area (Å²) in [7, 11) is 0. The Balaban J connectivity index is 4.26. The monoisotopic (exact) mass is 244 g/mol. The predicted octanol–water partition coefficient (Wildman–Crippen LogP) is 1.78. The second-order valence-corrected chi connectivity index (χ2v) is 4.53. The van der Waals surface area contributed by atoms with Gasteiger partial charge in [0.1, 0.15) is 6.10 Å². The Morgan fingerprint density at radius 1 is 1.24 bits per heavy atom. The Kier molecular flexibility index (Phi) is 7.39. The molecule has 102 valence electrons. The van der Waals surface area contributed by atoms with Crippen LogP contribution >= 0.6 is 0 Å². The number of hydrogen-bond donors (Lipinski definition) is 1. The SMILES string of the molecule is CCN(CC)C(=O)C(C)OCC(N)(CC)CC. The van der Waals surface area contributed by atoms with Gasteiger partial charge in [0.15, 0.2) is 0 Å². The molecule has 0 aromatic rings. The molecule has 4 nitrogen and oxygen atoms in total. The third-order valence-electron chi connectivity index (χ3n) is 3.45. The third kappa shape index (κ3) is 5.04. The molecule has 0 aliphatic carbocycles. The summed E-state index contributed by atoms with van der Waals surface area (Å²) in [6.07, 6.45) is 1.31. The zero-order valence-electron chi connectivity index (χ0n) is 12.0. The van der Waals surface area contributed by atoms with Crippen LogP contribution in [0.1, 0.15) is 47.5 Å². The predicted molar refractivity (Wildman–Crippen MR) is 70.8 cm³/mol. The molecule has 0 aromatic carbocycles. The Morgan fingerprint density at radius 3 is 2.06 bits per heavy atom. The van der Waals surface area contributed by atoms with Crippen molar-refractivity contribution in [3.05, 3.63) is 0 Å². The van der Waals surface area contributed by atoms with E-state index in [1.54, 1.807) is 11.8 Å². The van der Waals surface area contributed by atoms with Crippen LogP contribution in [0.25, 0.3) is 0 Å². The van der Waals surface area contributed by atoms with E-state index in [0.717, 1.165) is 25.9 Å². The Labute approximate surface area is 105 Å². The minimum atomic E-state index is -0.407. The Bertz CT molecular complexity index is 223. The number of ether oxygens (including phenoxy) is 1. The van der Waals surface area contributed by atoms with Gasteiger partial charge < -0.3 is 15.4 Å². The van der Waals surface area contributed by atoms with Crippen LogP contribution in [-0.4, -0.2) is 42.1 Å². The first kappa shape index (κ1) is 16.4. The number of nitrogens with zero attached hydrogens (tertiary/aromatic N) is 1. The van der Waals surface area contributed by atoms with Crippen LogP contribution in [0.2, 0.25) is 0 Å². The van der Waals surface area contributed by atoms with Crippen molar-refractivity contribution in [1.29, 1.82) is 0 Å². The molecule has 0 aliphatic rings. The lowest BCUT2D eigenvalue weighted by Gasteiger charge is -2.29. The van der Waals surface area contributed by atoms with Crippen molar-refractivity contribution < 1.29 is 9.53 Å². The average molecular weight is 244 g/mol. The molecule has 1 atom stereocenters. The molecular formula is C13H28N2O2. The minimum absolute atomic E-state index is 0.0459. The molecule has 0 aliphatic heterocycles. The van der Waals surface area contributed by atoms with Crippen molar-refractivity contribution in [1.82, 2.24) is 4.90 Å². The molecule has 0 rings (SSSR count). The molecule has 0 saturated heterocycles. The maximum atomic E-state index is 12.0. The Hall–Kier alpha value is -0.610. The van der Waals surface area contributed by atoms with Crippen LogP contribution in [-0.2, 0) is 9.53 Å². The quantitative estimate of drug-likeness (QED) is 0.708. The first-order valence-electron chi connectivity index (χ1n) is 6.63. The van der Waals surface area contributed by atoms with Crippen molar-refractivity contribution >= 4 is 5.91 Å². The van der Waals surface area contributed by atoms with Gasteiger partial charge >= 0.3 is 0 Å². The Morgan fingerprint density at radius 2 is 1.71 bits per heavy atom. The van der Waals surface area contributed by atoms with Crippen LogP contribution in [0.4, 0.5) is 0 Å². The van der Waals surface area contributed by atoms with Crippen molar-refractivity contribution in [2.75, 3.05) is 19.7 Å². The largest absolute Gasteiger partial charge is 0.367 e. The number of nitrogens with two attached hydrogens (primary N) is 1. The molecule has 0 aromatic heterocycles. The standard InChI is InChI=1S/C13H28N2O2/c1-6-13(14,7-2)10-17-11(5)12(16)15(8-3)9-4/h11H,6-10,14H2,1-5H3. The molecule has 4 heteroatoms. The van der Waals surface area contributed by atoms with Gasteiger partial charge in [-0.2, -0.15) is 0 Å². The fraction of sp³-hybridized carbons (Fsp3) is 0.923. The van der Waals surface area contributed by atoms with Gasteiger partial charge in [-0.1, -0.05) is 13.8 Å². The van der Waals surface area contributed by atoms with Gasteiger partial charge in [-0.05, 0) is 33.6 Å². The van der Waals surface area contributed by atoms with Gasteiger partial charge in [-0.3, -0.25) is 4.79 Å². The molecule has 0 saturated carbocycles. The molecule has 0 heterocycles. The van der Waals surface area contributed by atoms with E-state index in [1.165, 1.54) is 0 Å². The van der Waals surface area contributed by atoms with E-state index in [0.29, 0.717) is 6.61 Å². The fourth-order valence-electron chi connectivity index (χ4n) is 1.61. The molecule has 0 radical (unpaired) electrons. The van der Waals surface area contributed by atoms with E-state index in [2.05, 4.69) is 0 Å². The molecule has 17 heavy (non-hydrogen) atoms. The summed E-state index contributed by atoms with van der Waals surface area (Å²) < 4.78 is 5.62. The average Bonchev–Trinajstić information content (AvgIpc) is 2.36. The molecule has 0 fully saturated rings. The topological polar surface area (TPSA) is 55.6 Å². The third-order valence-corrected chi connectivity index (χ3v) is 3.45. The van der Waals surface area contributed by atoms with Gasteiger partial charge in [-0.15, -0.1) is 0 Å². The second kappa shape index (κ2) is 7.67. The molecular weight excluding hydrogens is 216 g/mol. The zero-order chi connectivity index (χ0) is 13.5. The van der Waals surface area contributed by atoms with E-state index in [9.17, 15) is 4.79 Å². The van der Waals surface area contributed by atoms with Gasteiger partial charge in [0.25, 0.3) is 5.91 Å². The van der Waals surface area contributed by atoms with Gasteiger partial charge in [0.05, 0.1) is 6.61 Å². The highest BCUT2D eigenvalue weighted by Gasteiger charge is 2.25. The summed E-state index contributed by atoms with van der Waals surface area (Å²) in [5.41, 5.74) is 5.83. The number of likely N-dealkylation sites (N-methyl/N-ethyl adjacent to an activating group) is 1. The zero-order valence-corrected chi connectivity index (χ0v) is 12.0. The van der Waals surface area contributed by atoms with Crippen LogP contribution in [0.5, 0.6) is 0 Å². The van der Waals surface area contributed by atoms with Crippen LogP contribution in [0.15, 0.2) is 0 Å². The van der Waals surface area contributed by atoms with Crippen LogP contribution < -0.4 is 5.73 Å². The lowest BCUT2D eigenvalue weighted by Crippen LogP contribution is -2.46. The van der Waals surface area contributed by atoms with Gasteiger partial charge in [0, 0.05) is 18.6 Å². The number of hydrogen-bond acceptors (Lipinski definition) is 3. The van der Waals surface area contributed by atoms with E-state index in [-0.39, 0.29) is 11.4 Å². The lowest BCUT2D eigenvalue weighted by atomic mass is 9.95. The number of rotatable bonds is 8. The van der Waals surface area contributed by atoms with E-state index < -0.39 is 6.10 Å². The normalized spacial score (nSPS) is 13.5. The summed E-state index contributed by atoms with van der Waals surface area (Å²) in [5.74, 6) is 0.0459. The van der Waals surface area contributed by atoms with Gasteiger partial charge in [-0.25, -0.2) is 0 Å². The number of carbonyl (C=O) groups excluding carboxylic acids is 1. The molecule has 0 spiro atoms. The summed E-state index contributed by atoms with van der Waals surface area (Å²) in [6, 6.07) is 0. The molecule has 1 amide bonds. The van der Waals surface area contributed by atoms with Crippen LogP contribution in [0.3, 0.4) is 0 Å². The first-order valence-corrected chi connectivity index (χ1v) is 6.63. The van der Waals surface area contributed by atoms with Gasteiger partial charge in [0.2, 0.25) is 0 Å². The number of amides is 1. The van der Waals surface area contributed by atoms with Crippen LogP contribution in [0, 0.1) is 0 Å². The summed E-state index contributed by atoms with van der Waals surface area (Å²) in [5, 5.41) is 0. The van der Waals surface area contributed by atoms with Crippen molar-refractivity contribution in [2.24, 2.45) is 5.73 Å². The number of carbonyl (C=O) groups is 1. The van der Waals surface area contributed by atoms with Crippen molar-refractivity contribution in [3.8, 4) is 0 Å². The van der Waals surface area contributed by atoms with Crippen molar-refractivity contribution in [3.63, 3.8) is 0 Å². The molecule has 1 unspecified atom stereocenters.